The number of anilines is 6. The lowest BCUT2D eigenvalue weighted by atomic mass is 9.39. The van der Waals surface area contributed by atoms with Crippen LogP contribution in [0, 0.1) is 13.8 Å². The van der Waals surface area contributed by atoms with Crippen molar-refractivity contribution in [1.82, 2.24) is 0 Å². The molecule has 2 nitrogen and oxygen atoms in total. The largest absolute Gasteiger partial charge is 0.310 e. The van der Waals surface area contributed by atoms with Crippen LogP contribution in [-0.4, -0.2) is 6.71 Å². The van der Waals surface area contributed by atoms with Crippen LogP contribution in [-0.2, 0) is 10.8 Å². The molecule has 0 radical (unpaired) electrons. The number of nitrogens with zero attached hydrogens (tertiary/aromatic N) is 2. The topological polar surface area (TPSA) is 6.48 Å². The molecule has 0 N–H and O–H groups in total. The minimum atomic E-state index is -0.486. The van der Waals surface area contributed by atoms with Gasteiger partial charge in [0.05, 0.1) is 22.2 Å². The summed E-state index contributed by atoms with van der Waals surface area (Å²) in [6, 6.07) is 79.7. The molecule has 0 unspecified atom stereocenters. The van der Waals surface area contributed by atoms with Crippen LogP contribution in [0.4, 0.5) is 34.1 Å². The predicted molar refractivity (Wildman–Crippen MR) is 312 cm³/mol. The third kappa shape index (κ3) is 4.81. The third-order valence-electron chi connectivity index (χ3n) is 17.7. The van der Waals surface area contributed by atoms with Crippen LogP contribution >= 0.6 is 22.7 Å². The van der Waals surface area contributed by atoms with Crippen molar-refractivity contribution in [2.45, 2.75) is 44.4 Å². The van der Waals surface area contributed by atoms with E-state index in [-0.39, 0.29) is 6.71 Å². The fourth-order valence-corrected chi connectivity index (χ4v) is 18.2. The molecular formula is C69H47BN2S2. The molecule has 5 heteroatoms. The summed E-state index contributed by atoms with van der Waals surface area (Å²) in [5.74, 6) is 0.385. The second-order valence-corrected chi connectivity index (χ2v) is 23.8. The Bertz CT molecular complexity index is 4200. The standard InChI is InChI=1S/C69H47BN2S2/c1-39(2)42-32-35-50-56(38-42)69(53-27-15-10-22-47(53)48-23-11-16-28-54(48)69)65-60(50)63-67(74-65)70-61-57(36-41(4)37-58(61)72(63)44-33-30-40(3)31-34-44)71(43-18-6-5-7-19-43)62-59-49-24-12-17-29-55(49)68(64(59)73-66(62)70)51-25-13-8-20-45(51)46-21-9-14-26-52(46)68/h5-39H,1-4H3. The lowest BCUT2D eigenvalue weighted by Crippen LogP contribution is -2.59. The van der Waals surface area contributed by atoms with Gasteiger partial charge in [-0.1, -0.05) is 189 Å². The second kappa shape index (κ2) is 14.4. The van der Waals surface area contributed by atoms with Crippen molar-refractivity contribution < 1.29 is 0 Å². The number of rotatable bonds is 3. The maximum atomic E-state index is 2.69. The van der Waals surface area contributed by atoms with E-state index in [0.717, 1.165) is 0 Å². The van der Waals surface area contributed by atoms with Crippen molar-refractivity contribution in [3.05, 3.63) is 266 Å². The maximum Gasteiger partial charge on any atom is 0.277 e. The number of hydrogen-bond donors (Lipinski definition) is 0. The van der Waals surface area contributed by atoms with E-state index in [4.69, 9.17) is 0 Å². The van der Waals surface area contributed by atoms with Crippen molar-refractivity contribution in [2.24, 2.45) is 0 Å². The molecule has 74 heavy (non-hydrogen) atoms. The molecule has 17 rings (SSSR count). The second-order valence-electron chi connectivity index (χ2n) is 21.7. The summed E-state index contributed by atoms with van der Waals surface area (Å²) in [6.07, 6.45) is 0. The van der Waals surface area contributed by atoms with Gasteiger partial charge in [-0.25, -0.2) is 0 Å². The number of hydrogen-bond acceptors (Lipinski definition) is 4. The normalized spacial score (nSPS) is 15.3. The number of fused-ring (bicyclic) bond motifs is 26. The van der Waals surface area contributed by atoms with Gasteiger partial charge in [0, 0.05) is 53.2 Å². The number of para-hydroxylation sites is 1. The highest BCUT2D eigenvalue weighted by molar-refractivity contribution is 7.37. The molecule has 2 aromatic heterocycles. The Morgan fingerprint density at radius 2 is 0.797 bits per heavy atom. The first-order valence-corrected chi connectivity index (χ1v) is 27.9. The molecule has 0 saturated carbocycles. The van der Waals surface area contributed by atoms with E-state index in [1.165, 1.54) is 153 Å². The van der Waals surface area contributed by atoms with E-state index >= 15 is 0 Å². The molecular weight excluding hydrogens is 932 g/mol. The summed E-state index contributed by atoms with van der Waals surface area (Å²) < 4.78 is 2.85. The fourth-order valence-electron chi connectivity index (χ4n) is 14.9. The van der Waals surface area contributed by atoms with Crippen LogP contribution in [0.5, 0.6) is 0 Å². The smallest absolute Gasteiger partial charge is 0.277 e. The molecule has 0 bridgehead atoms. The molecule has 2 aliphatic heterocycles. The molecule has 2 spiro atoms. The van der Waals surface area contributed by atoms with E-state index in [1.807, 2.05) is 0 Å². The Kier molecular flexibility index (Phi) is 8.09. The highest BCUT2D eigenvalue weighted by Gasteiger charge is 2.60. The van der Waals surface area contributed by atoms with Crippen molar-refractivity contribution in [3.63, 3.8) is 0 Å². The average Bonchev–Trinajstić information content (AvgIpc) is 4.39. The van der Waals surface area contributed by atoms with E-state index in [1.54, 1.807) is 0 Å². The zero-order valence-electron chi connectivity index (χ0n) is 41.5. The summed E-state index contributed by atoms with van der Waals surface area (Å²) in [4.78, 5) is 8.23. The number of aryl methyl sites for hydroxylation is 2. The molecule has 4 heterocycles. The van der Waals surface area contributed by atoms with Crippen molar-refractivity contribution in [2.75, 3.05) is 9.80 Å². The first-order valence-electron chi connectivity index (χ1n) is 26.2. The Hall–Kier alpha value is -7.96. The lowest BCUT2D eigenvalue weighted by molar-refractivity contribution is 0.799. The molecule has 0 saturated heterocycles. The zero-order chi connectivity index (χ0) is 48.9. The van der Waals surface area contributed by atoms with Crippen LogP contribution in [0.15, 0.2) is 206 Å². The first kappa shape index (κ1) is 41.5. The van der Waals surface area contributed by atoms with Crippen LogP contribution in [0.3, 0.4) is 0 Å². The maximum absolute atomic E-state index is 2.69. The van der Waals surface area contributed by atoms with Gasteiger partial charge in [0.2, 0.25) is 0 Å². The van der Waals surface area contributed by atoms with Gasteiger partial charge in [-0.2, -0.15) is 0 Å². The summed E-state index contributed by atoms with van der Waals surface area (Å²) >= 11 is 4.18. The van der Waals surface area contributed by atoms with Gasteiger partial charge in [-0.05, 0) is 140 Å². The first-order chi connectivity index (χ1) is 36.4. The quantitative estimate of drug-likeness (QED) is 0.163. The van der Waals surface area contributed by atoms with E-state index in [9.17, 15) is 0 Å². The minimum absolute atomic E-state index is 0.0307. The Morgan fingerprint density at radius 1 is 0.392 bits per heavy atom. The van der Waals surface area contributed by atoms with Crippen molar-refractivity contribution in [3.8, 4) is 44.5 Å². The zero-order valence-corrected chi connectivity index (χ0v) is 43.1. The highest BCUT2D eigenvalue weighted by atomic mass is 32.1. The summed E-state index contributed by atoms with van der Waals surface area (Å²) in [6.45, 7) is 9.18. The van der Waals surface area contributed by atoms with Gasteiger partial charge in [-0.15, -0.1) is 22.7 Å². The lowest BCUT2D eigenvalue weighted by Gasteiger charge is -2.43. The van der Waals surface area contributed by atoms with Gasteiger partial charge < -0.3 is 9.80 Å². The summed E-state index contributed by atoms with van der Waals surface area (Å²) in [5.41, 5.74) is 31.0. The summed E-state index contributed by atoms with van der Waals surface area (Å²) in [5, 5.41) is 0. The van der Waals surface area contributed by atoms with Gasteiger partial charge in [0.15, 0.2) is 0 Å². The van der Waals surface area contributed by atoms with Gasteiger partial charge in [0.1, 0.15) is 0 Å². The van der Waals surface area contributed by atoms with Crippen LogP contribution in [0.1, 0.15) is 79.6 Å². The number of thiophene rings is 2. The molecule has 0 fully saturated rings. The Balaban J connectivity index is 1.05. The molecule has 0 atom stereocenters. The SMILES string of the molecule is Cc1ccc(N2c3cc(C)cc4c3B(c3sc5c(c3N4c3ccccc3)-c3ccccc3C53c4ccccc4-c4ccccc43)c3sc4c(c32)-c2ccc(C(C)C)cc2C42c3ccccc3-c3ccccc32)cc1. The van der Waals surface area contributed by atoms with Crippen LogP contribution in [0.25, 0.3) is 44.5 Å². The molecule has 9 aromatic carbocycles. The number of benzene rings is 9. The molecule has 348 valence electrons. The van der Waals surface area contributed by atoms with Crippen molar-refractivity contribution in [1.29, 1.82) is 0 Å². The van der Waals surface area contributed by atoms with Gasteiger partial charge in [0.25, 0.3) is 6.71 Å². The predicted octanol–water partition coefficient (Wildman–Crippen LogP) is 16.3. The molecule has 4 aliphatic carbocycles. The van der Waals surface area contributed by atoms with E-state index < -0.39 is 10.8 Å². The van der Waals surface area contributed by atoms with E-state index in [0.29, 0.717) is 5.92 Å². The Labute approximate surface area is 440 Å². The minimum Gasteiger partial charge on any atom is -0.310 e. The van der Waals surface area contributed by atoms with Gasteiger partial charge in [-0.3, -0.25) is 0 Å². The molecule has 11 aromatic rings. The van der Waals surface area contributed by atoms with Gasteiger partial charge >= 0.3 is 0 Å². The Morgan fingerprint density at radius 3 is 1.28 bits per heavy atom. The summed E-state index contributed by atoms with van der Waals surface area (Å²) in [7, 11) is 0. The molecule has 6 aliphatic rings. The monoisotopic (exact) mass is 978 g/mol. The van der Waals surface area contributed by atoms with Crippen LogP contribution in [0.2, 0.25) is 0 Å². The third-order valence-corrected chi connectivity index (χ3v) is 20.4. The average molecular weight is 979 g/mol. The van der Waals surface area contributed by atoms with Crippen LogP contribution < -0.4 is 24.8 Å². The highest BCUT2D eigenvalue weighted by Crippen LogP contribution is 2.69. The van der Waals surface area contributed by atoms with E-state index in [2.05, 4.69) is 266 Å². The molecule has 0 amide bonds. The van der Waals surface area contributed by atoms with Crippen molar-refractivity contribution >= 4 is 78.5 Å². The fraction of sp³-hybridized carbons (Fsp3) is 0.101.